The van der Waals surface area contributed by atoms with Crippen molar-refractivity contribution >= 4 is 15.9 Å². The molecule has 0 aliphatic carbocycles. The summed E-state index contributed by atoms with van der Waals surface area (Å²) in [4.78, 5) is 12.6. The van der Waals surface area contributed by atoms with Gasteiger partial charge in [-0.2, -0.15) is 0 Å². The van der Waals surface area contributed by atoms with Gasteiger partial charge in [0.25, 0.3) is 5.91 Å². The first-order valence-corrected chi connectivity index (χ1v) is 10.8. The predicted octanol–water partition coefficient (Wildman–Crippen LogP) is 3.23. The zero-order valence-corrected chi connectivity index (χ0v) is 17.5. The quantitative estimate of drug-likeness (QED) is 0.672. The highest BCUT2D eigenvalue weighted by molar-refractivity contribution is 7.89. The molecule has 0 heterocycles. The van der Waals surface area contributed by atoms with Gasteiger partial charge in [0.1, 0.15) is 0 Å². The van der Waals surface area contributed by atoms with Gasteiger partial charge in [0.2, 0.25) is 10.0 Å². The van der Waals surface area contributed by atoms with E-state index in [0.717, 1.165) is 11.1 Å². The number of amides is 1. The SMILES string of the molecule is CC(C)NS(=O)(=O)c1cccc(C(=O)NCc2ccccc2COC(C)C)c1. The number of hydrogen-bond donors (Lipinski definition) is 2. The molecular weight excluding hydrogens is 376 g/mol. The molecule has 0 radical (unpaired) electrons. The minimum Gasteiger partial charge on any atom is -0.374 e. The van der Waals surface area contributed by atoms with Crippen LogP contribution in [-0.4, -0.2) is 26.5 Å². The van der Waals surface area contributed by atoms with Crippen molar-refractivity contribution in [1.29, 1.82) is 0 Å². The molecule has 0 saturated carbocycles. The van der Waals surface area contributed by atoms with E-state index in [1.807, 2.05) is 38.1 Å². The smallest absolute Gasteiger partial charge is 0.251 e. The molecule has 0 saturated heterocycles. The molecule has 2 aromatic carbocycles. The molecule has 1 amide bonds. The Hall–Kier alpha value is -2.22. The van der Waals surface area contributed by atoms with Crippen LogP contribution in [0.4, 0.5) is 0 Å². The molecule has 0 aliphatic heterocycles. The van der Waals surface area contributed by atoms with Gasteiger partial charge in [-0.1, -0.05) is 30.3 Å². The maximum absolute atomic E-state index is 12.5. The Kier molecular flexibility index (Phi) is 7.74. The highest BCUT2D eigenvalue weighted by Gasteiger charge is 2.17. The van der Waals surface area contributed by atoms with Crippen molar-refractivity contribution in [2.75, 3.05) is 0 Å². The second-order valence-electron chi connectivity index (χ2n) is 7.11. The van der Waals surface area contributed by atoms with Gasteiger partial charge in [0.05, 0.1) is 17.6 Å². The van der Waals surface area contributed by atoms with Gasteiger partial charge in [-0.05, 0) is 57.0 Å². The van der Waals surface area contributed by atoms with Crippen LogP contribution in [-0.2, 0) is 27.9 Å². The number of ether oxygens (including phenoxy) is 1. The van der Waals surface area contributed by atoms with Crippen LogP contribution in [0.25, 0.3) is 0 Å². The van der Waals surface area contributed by atoms with Gasteiger partial charge in [-0.15, -0.1) is 0 Å². The van der Waals surface area contributed by atoms with E-state index in [1.165, 1.54) is 12.1 Å². The number of nitrogens with one attached hydrogen (secondary N) is 2. The van der Waals surface area contributed by atoms with Crippen molar-refractivity contribution in [3.05, 3.63) is 65.2 Å². The minimum atomic E-state index is -3.65. The van der Waals surface area contributed by atoms with E-state index in [1.54, 1.807) is 26.0 Å². The topological polar surface area (TPSA) is 84.5 Å². The largest absolute Gasteiger partial charge is 0.374 e. The second-order valence-corrected chi connectivity index (χ2v) is 8.83. The second kappa shape index (κ2) is 9.82. The molecule has 0 unspecified atom stereocenters. The van der Waals surface area contributed by atoms with Crippen molar-refractivity contribution < 1.29 is 17.9 Å². The number of carbonyl (C=O) groups is 1. The van der Waals surface area contributed by atoms with E-state index in [2.05, 4.69) is 10.0 Å². The van der Waals surface area contributed by atoms with Gasteiger partial charge in [-0.3, -0.25) is 4.79 Å². The normalized spacial score (nSPS) is 11.8. The molecule has 6 nitrogen and oxygen atoms in total. The van der Waals surface area contributed by atoms with Gasteiger partial charge in [0, 0.05) is 18.2 Å². The first-order valence-electron chi connectivity index (χ1n) is 9.28. The Morgan fingerprint density at radius 2 is 1.68 bits per heavy atom. The molecule has 0 bridgehead atoms. The molecule has 0 fully saturated rings. The molecule has 2 rings (SSSR count). The molecule has 0 aromatic heterocycles. The van der Waals surface area contributed by atoms with Crippen molar-refractivity contribution in [1.82, 2.24) is 10.0 Å². The fourth-order valence-corrected chi connectivity index (χ4v) is 3.88. The Morgan fingerprint density at radius 3 is 2.32 bits per heavy atom. The lowest BCUT2D eigenvalue weighted by molar-refractivity contribution is 0.0651. The summed E-state index contributed by atoms with van der Waals surface area (Å²) < 4.78 is 32.8. The van der Waals surface area contributed by atoms with Gasteiger partial charge in [-0.25, -0.2) is 13.1 Å². The average Bonchev–Trinajstić information content (AvgIpc) is 2.64. The van der Waals surface area contributed by atoms with Gasteiger partial charge < -0.3 is 10.1 Å². The van der Waals surface area contributed by atoms with Crippen LogP contribution in [0, 0.1) is 0 Å². The molecule has 2 N–H and O–H groups in total. The van der Waals surface area contributed by atoms with Crippen molar-refractivity contribution in [2.45, 2.75) is 57.9 Å². The number of hydrogen-bond acceptors (Lipinski definition) is 4. The van der Waals surface area contributed by atoms with Crippen molar-refractivity contribution in [2.24, 2.45) is 0 Å². The zero-order valence-electron chi connectivity index (χ0n) is 16.7. The molecule has 0 aliphatic rings. The third-order valence-corrected chi connectivity index (χ3v) is 5.58. The van der Waals surface area contributed by atoms with Gasteiger partial charge in [0.15, 0.2) is 0 Å². The van der Waals surface area contributed by atoms with E-state index in [4.69, 9.17) is 4.74 Å². The summed E-state index contributed by atoms with van der Waals surface area (Å²) in [6.07, 6.45) is 0.117. The third-order valence-electron chi connectivity index (χ3n) is 3.93. The highest BCUT2D eigenvalue weighted by atomic mass is 32.2. The van der Waals surface area contributed by atoms with Crippen LogP contribution >= 0.6 is 0 Å². The Balaban J connectivity index is 2.10. The third kappa shape index (κ3) is 6.44. The molecule has 0 spiro atoms. The number of benzene rings is 2. The van der Waals surface area contributed by atoms with Crippen molar-refractivity contribution in [3.63, 3.8) is 0 Å². The number of rotatable bonds is 9. The molecule has 28 heavy (non-hydrogen) atoms. The van der Waals surface area contributed by atoms with E-state index in [-0.39, 0.29) is 22.9 Å². The average molecular weight is 405 g/mol. The van der Waals surface area contributed by atoms with Crippen LogP contribution in [0.3, 0.4) is 0 Å². The summed E-state index contributed by atoms with van der Waals surface area (Å²) >= 11 is 0. The Bertz CT molecular complexity index is 908. The summed E-state index contributed by atoms with van der Waals surface area (Å²) in [5.74, 6) is -0.332. The summed E-state index contributed by atoms with van der Waals surface area (Å²) in [6.45, 7) is 8.23. The minimum absolute atomic E-state index is 0.0691. The summed E-state index contributed by atoms with van der Waals surface area (Å²) in [6, 6.07) is 13.5. The summed E-state index contributed by atoms with van der Waals surface area (Å²) in [5.41, 5.74) is 2.26. The maximum atomic E-state index is 12.5. The van der Waals surface area contributed by atoms with E-state index in [0.29, 0.717) is 18.7 Å². The van der Waals surface area contributed by atoms with Crippen LogP contribution in [0.5, 0.6) is 0 Å². The Morgan fingerprint density at radius 1 is 1.00 bits per heavy atom. The van der Waals surface area contributed by atoms with E-state index < -0.39 is 10.0 Å². The lowest BCUT2D eigenvalue weighted by Crippen LogP contribution is -2.30. The van der Waals surface area contributed by atoms with Crippen molar-refractivity contribution in [3.8, 4) is 0 Å². The standard InChI is InChI=1S/C21H28N2O4S/c1-15(2)23-28(25,26)20-11-7-10-17(12-20)21(24)22-13-18-8-5-6-9-19(18)14-27-16(3)4/h5-12,15-16,23H,13-14H2,1-4H3,(H,22,24). The number of sulfonamides is 1. The molecule has 0 atom stereocenters. The molecule has 7 heteroatoms. The van der Waals surface area contributed by atoms with Crippen LogP contribution < -0.4 is 10.0 Å². The van der Waals surface area contributed by atoms with Crippen LogP contribution in [0.1, 0.15) is 49.2 Å². The first kappa shape index (κ1) is 22.1. The monoisotopic (exact) mass is 404 g/mol. The molecule has 152 valence electrons. The summed E-state index contributed by atoms with van der Waals surface area (Å²) in [5, 5.41) is 2.85. The van der Waals surface area contributed by atoms with Crippen LogP contribution in [0.15, 0.2) is 53.4 Å². The fourth-order valence-electron chi connectivity index (χ4n) is 2.59. The number of carbonyl (C=O) groups excluding carboxylic acids is 1. The maximum Gasteiger partial charge on any atom is 0.251 e. The summed E-state index contributed by atoms with van der Waals surface area (Å²) in [7, 11) is -3.65. The van der Waals surface area contributed by atoms with Gasteiger partial charge >= 0.3 is 0 Å². The van der Waals surface area contributed by atoms with E-state index >= 15 is 0 Å². The fraction of sp³-hybridized carbons (Fsp3) is 0.381. The first-order chi connectivity index (χ1) is 13.2. The molecular formula is C21H28N2O4S. The lowest BCUT2D eigenvalue weighted by Gasteiger charge is -2.13. The van der Waals surface area contributed by atoms with E-state index in [9.17, 15) is 13.2 Å². The zero-order chi connectivity index (χ0) is 20.7. The highest BCUT2D eigenvalue weighted by Crippen LogP contribution is 2.14. The molecule has 2 aromatic rings. The van der Waals surface area contributed by atoms with Crippen LogP contribution in [0.2, 0.25) is 0 Å². The Labute approximate surface area is 167 Å². The predicted molar refractivity (Wildman–Crippen MR) is 109 cm³/mol. The lowest BCUT2D eigenvalue weighted by atomic mass is 10.1.